The molecule has 3 heterocycles. The van der Waals surface area contributed by atoms with Crippen LogP contribution in [0, 0.1) is 19.8 Å². The number of fused-ring (bicyclic) bond motifs is 1. The molecule has 96 valence electrons. The molecule has 2 aromatic heterocycles. The maximum Gasteiger partial charge on any atom is 0.141 e. The second kappa shape index (κ2) is 4.50. The number of hydrogen-bond donors (Lipinski definition) is 0. The van der Waals surface area contributed by atoms with Crippen LogP contribution in [0.4, 0.5) is 5.82 Å². The molecule has 3 rings (SSSR count). The molecule has 2 aromatic rings. The van der Waals surface area contributed by atoms with Gasteiger partial charge in [0.2, 0.25) is 0 Å². The van der Waals surface area contributed by atoms with Gasteiger partial charge in [0.25, 0.3) is 0 Å². The standard InChI is InChI=1S/C14H19N3S/c1-4-11-5-6-17(7-11)13-12-9(2)8-18-14(12)16-10(3)15-13/h8,11H,4-7H2,1-3H3. The summed E-state index contributed by atoms with van der Waals surface area (Å²) in [5.74, 6) is 2.88. The van der Waals surface area contributed by atoms with E-state index in [0.29, 0.717) is 0 Å². The van der Waals surface area contributed by atoms with Gasteiger partial charge >= 0.3 is 0 Å². The monoisotopic (exact) mass is 261 g/mol. The van der Waals surface area contributed by atoms with E-state index in [0.717, 1.165) is 35.5 Å². The molecule has 0 spiro atoms. The third-order valence-corrected chi connectivity index (χ3v) is 4.86. The minimum absolute atomic E-state index is 0.828. The minimum atomic E-state index is 0.828. The van der Waals surface area contributed by atoms with Gasteiger partial charge in [0.1, 0.15) is 16.5 Å². The highest BCUT2D eigenvalue weighted by Gasteiger charge is 2.24. The van der Waals surface area contributed by atoms with Crippen molar-refractivity contribution in [2.24, 2.45) is 5.92 Å². The van der Waals surface area contributed by atoms with Gasteiger partial charge in [-0.3, -0.25) is 0 Å². The van der Waals surface area contributed by atoms with Crippen LogP contribution in [0.25, 0.3) is 10.2 Å². The molecule has 0 aliphatic carbocycles. The van der Waals surface area contributed by atoms with E-state index in [2.05, 4.69) is 29.1 Å². The first-order valence-electron chi connectivity index (χ1n) is 6.66. The van der Waals surface area contributed by atoms with Crippen LogP contribution >= 0.6 is 11.3 Å². The Morgan fingerprint density at radius 2 is 2.22 bits per heavy atom. The van der Waals surface area contributed by atoms with E-state index in [1.165, 1.54) is 23.8 Å². The summed E-state index contributed by atoms with van der Waals surface area (Å²) in [6.45, 7) is 8.72. The number of hydrogen-bond acceptors (Lipinski definition) is 4. The predicted molar refractivity (Wildman–Crippen MR) is 77.5 cm³/mol. The summed E-state index contributed by atoms with van der Waals surface area (Å²) in [5, 5.41) is 3.46. The summed E-state index contributed by atoms with van der Waals surface area (Å²) < 4.78 is 0. The molecule has 0 amide bonds. The van der Waals surface area contributed by atoms with Crippen LogP contribution in [0.1, 0.15) is 31.2 Å². The number of thiophene rings is 1. The molecule has 1 aliphatic heterocycles. The molecule has 4 heteroatoms. The highest BCUT2D eigenvalue weighted by molar-refractivity contribution is 7.17. The van der Waals surface area contributed by atoms with E-state index >= 15 is 0 Å². The van der Waals surface area contributed by atoms with Crippen LogP contribution in [0.3, 0.4) is 0 Å². The van der Waals surface area contributed by atoms with E-state index in [1.54, 1.807) is 11.3 Å². The number of aromatic nitrogens is 2. The van der Waals surface area contributed by atoms with Gasteiger partial charge in [-0.25, -0.2) is 9.97 Å². The zero-order valence-corrected chi connectivity index (χ0v) is 12.0. The van der Waals surface area contributed by atoms with Crippen molar-refractivity contribution in [2.75, 3.05) is 18.0 Å². The topological polar surface area (TPSA) is 29.0 Å². The van der Waals surface area contributed by atoms with Crippen LogP contribution < -0.4 is 4.90 Å². The second-order valence-corrected chi connectivity index (χ2v) is 6.06. The molecule has 0 saturated carbocycles. The number of anilines is 1. The number of aryl methyl sites for hydroxylation is 2. The van der Waals surface area contributed by atoms with Gasteiger partial charge in [0.15, 0.2) is 0 Å². The zero-order valence-electron chi connectivity index (χ0n) is 11.2. The summed E-state index contributed by atoms with van der Waals surface area (Å²) in [7, 11) is 0. The SMILES string of the molecule is CCC1CCN(c2nc(C)nc3scc(C)c23)C1. The first kappa shape index (κ1) is 11.9. The maximum atomic E-state index is 4.71. The van der Waals surface area contributed by atoms with E-state index < -0.39 is 0 Å². The molecular formula is C14H19N3S. The molecule has 1 aliphatic rings. The van der Waals surface area contributed by atoms with Gasteiger partial charge in [-0.1, -0.05) is 13.3 Å². The van der Waals surface area contributed by atoms with Crippen molar-refractivity contribution in [3.8, 4) is 0 Å². The molecule has 1 fully saturated rings. The largest absolute Gasteiger partial charge is 0.356 e. The fourth-order valence-electron chi connectivity index (χ4n) is 2.75. The molecule has 0 bridgehead atoms. The molecule has 3 nitrogen and oxygen atoms in total. The normalized spacial score (nSPS) is 19.9. The van der Waals surface area contributed by atoms with Gasteiger partial charge in [-0.2, -0.15) is 0 Å². The van der Waals surface area contributed by atoms with Gasteiger partial charge < -0.3 is 4.90 Å². The van der Waals surface area contributed by atoms with Crippen LogP contribution in [0.2, 0.25) is 0 Å². The molecule has 1 saturated heterocycles. The molecule has 0 radical (unpaired) electrons. The van der Waals surface area contributed by atoms with Crippen LogP contribution in [0.5, 0.6) is 0 Å². The van der Waals surface area contributed by atoms with Crippen molar-refractivity contribution in [3.05, 3.63) is 16.8 Å². The van der Waals surface area contributed by atoms with Gasteiger partial charge in [-0.05, 0) is 37.1 Å². The summed E-state index contributed by atoms with van der Waals surface area (Å²) in [6.07, 6.45) is 2.57. The average Bonchev–Trinajstić information content (AvgIpc) is 2.96. The number of nitrogens with zero attached hydrogens (tertiary/aromatic N) is 3. The van der Waals surface area contributed by atoms with E-state index in [9.17, 15) is 0 Å². The quantitative estimate of drug-likeness (QED) is 0.828. The van der Waals surface area contributed by atoms with Gasteiger partial charge in [0, 0.05) is 13.1 Å². The van der Waals surface area contributed by atoms with E-state index in [1.807, 2.05) is 6.92 Å². The number of rotatable bonds is 2. The van der Waals surface area contributed by atoms with Crippen molar-refractivity contribution >= 4 is 27.4 Å². The molecule has 0 N–H and O–H groups in total. The third-order valence-electron chi connectivity index (χ3n) is 3.87. The summed E-state index contributed by atoms with van der Waals surface area (Å²) in [4.78, 5) is 12.8. The lowest BCUT2D eigenvalue weighted by Crippen LogP contribution is -2.21. The Morgan fingerprint density at radius 1 is 1.39 bits per heavy atom. The molecule has 0 aromatic carbocycles. The highest BCUT2D eigenvalue weighted by Crippen LogP contribution is 2.34. The summed E-state index contributed by atoms with van der Waals surface area (Å²) in [6, 6.07) is 0. The van der Waals surface area contributed by atoms with E-state index in [4.69, 9.17) is 4.98 Å². The van der Waals surface area contributed by atoms with E-state index in [-0.39, 0.29) is 0 Å². The Labute approximate surface area is 112 Å². The molecule has 1 unspecified atom stereocenters. The third kappa shape index (κ3) is 1.88. The van der Waals surface area contributed by atoms with Gasteiger partial charge in [0.05, 0.1) is 5.39 Å². The van der Waals surface area contributed by atoms with Crippen LogP contribution in [0.15, 0.2) is 5.38 Å². The summed E-state index contributed by atoms with van der Waals surface area (Å²) in [5.41, 5.74) is 1.31. The van der Waals surface area contributed by atoms with Crippen LogP contribution in [-0.2, 0) is 0 Å². The van der Waals surface area contributed by atoms with Crippen molar-refractivity contribution in [2.45, 2.75) is 33.6 Å². The second-order valence-electron chi connectivity index (χ2n) is 5.20. The van der Waals surface area contributed by atoms with Crippen molar-refractivity contribution in [3.63, 3.8) is 0 Å². The first-order chi connectivity index (χ1) is 8.69. The maximum absolute atomic E-state index is 4.71. The molecule has 1 atom stereocenters. The Kier molecular flexibility index (Phi) is 2.98. The van der Waals surface area contributed by atoms with Crippen molar-refractivity contribution in [1.29, 1.82) is 0 Å². The Bertz CT molecular complexity index is 576. The van der Waals surface area contributed by atoms with Gasteiger partial charge in [-0.15, -0.1) is 11.3 Å². The lowest BCUT2D eigenvalue weighted by Gasteiger charge is -2.19. The Balaban J connectivity index is 2.08. The smallest absolute Gasteiger partial charge is 0.141 e. The van der Waals surface area contributed by atoms with Crippen molar-refractivity contribution in [1.82, 2.24) is 9.97 Å². The summed E-state index contributed by atoms with van der Waals surface area (Å²) >= 11 is 1.73. The molecular weight excluding hydrogens is 242 g/mol. The lowest BCUT2D eigenvalue weighted by molar-refractivity contribution is 0.569. The first-order valence-corrected chi connectivity index (χ1v) is 7.54. The Hall–Kier alpha value is -1.16. The van der Waals surface area contributed by atoms with Crippen LogP contribution in [-0.4, -0.2) is 23.1 Å². The predicted octanol–water partition coefficient (Wildman–Crippen LogP) is 3.54. The van der Waals surface area contributed by atoms with Crippen molar-refractivity contribution < 1.29 is 0 Å². The molecule has 18 heavy (non-hydrogen) atoms. The minimum Gasteiger partial charge on any atom is -0.356 e. The zero-order chi connectivity index (χ0) is 12.7. The average molecular weight is 261 g/mol. The highest BCUT2D eigenvalue weighted by atomic mass is 32.1. The fraction of sp³-hybridized carbons (Fsp3) is 0.571. The Morgan fingerprint density at radius 3 is 2.94 bits per heavy atom. The lowest BCUT2D eigenvalue weighted by atomic mass is 10.1. The fourth-order valence-corrected chi connectivity index (χ4v) is 3.71.